The highest BCUT2D eigenvalue weighted by molar-refractivity contribution is 5.96. The van der Waals surface area contributed by atoms with Gasteiger partial charge in [-0.2, -0.15) is 0 Å². The predicted molar refractivity (Wildman–Crippen MR) is 121 cm³/mol. The van der Waals surface area contributed by atoms with Crippen LogP contribution in [0.3, 0.4) is 0 Å². The third kappa shape index (κ3) is 5.90. The van der Waals surface area contributed by atoms with E-state index in [1.54, 1.807) is 37.9 Å². The Labute approximate surface area is 196 Å². The van der Waals surface area contributed by atoms with E-state index in [9.17, 15) is 19.2 Å². The van der Waals surface area contributed by atoms with Crippen LogP contribution >= 0.6 is 0 Å². The van der Waals surface area contributed by atoms with E-state index in [0.29, 0.717) is 24.7 Å². The second-order valence-corrected chi connectivity index (χ2v) is 7.03. The van der Waals surface area contributed by atoms with Crippen LogP contribution in [0.4, 0.5) is 0 Å². The molecule has 0 bridgehead atoms. The molecular formula is C26H22O8. The van der Waals surface area contributed by atoms with Gasteiger partial charge < -0.3 is 18.9 Å². The van der Waals surface area contributed by atoms with Crippen molar-refractivity contribution in [1.29, 1.82) is 0 Å². The fraction of sp³-hybridized carbons (Fsp3) is 0.231. The van der Waals surface area contributed by atoms with Crippen LogP contribution < -0.4 is 0 Å². The first-order valence-electron chi connectivity index (χ1n) is 10.6. The van der Waals surface area contributed by atoms with Gasteiger partial charge in [-0.05, 0) is 68.5 Å². The highest BCUT2D eigenvalue weighted by atomic mass is 16.5. The molecule has 0 fully saturated rings. The summed E-state index contributed by atoms with van der Waals surface area (Å²) >= 11 is 0. The smallest absolute Gasteiger partial charge is 0.339 e. The number of benzene rings is 1. The Bertz CT molecular complexity index is 1100. The Morgan fingerprint density at radius 2 is 1.24 bits per heavy atom. The van der Waals surface area contributed by atoms with E-state index >= 15 is 0 Å². The molecule has 34 heavy (non-hydrogen) atoms. The van der Waals surface area contributed by atoms with Crippen molar-refractivity contribution in [1.82, 2.24) is 0 Å². The van der Waals surface area contributed by atoms with Crippen molar-refractivity contribution in [3.8, 4) is 0 Å². The lowest BCUT2D eigenvalue weighted by Gasteiger charge is -2.19. The zero-order chi connectivity index (χ0) is 24.5. The Morgan fingerprint density at radius 3 is 1.62 bits per heavy atom. The molecule has 0 amide bonds. The first-order chi connectivity index (χ1) is 16.5. The first kappa shape index (κ1) is 24.3. The molecule has 2 aliphatic carbocycles. The summed E-state index contributed by atoms with van der Waals surface area (Å²) < 4.78 is 21.5. The standard InChI is InChI=1S/C26H22O8/c1-3-31-21-8-10-23(19(13-21)15-27)33-25(29)17-6-5-7-18(12-17)26(30)34-24-11-9-22(32-4-2)14-20(24)16-28/h5-14,23-24H,3-4H2,1-2H3. The number of hydrogen-bond donors (Lipinski definition) is 0. The molecule has 0 spiro atoms. The van der Waals surface area contributed by atoms with Crippen LogP contribution in [0.15, 0.2) is 83.4 Å². The van der Waals surface area contributed by atoms with E-state index in [2.05, 4.69) is 0 Å². The SMILES string of the molecule is CCOC1=CC(=C=O)C(OC(=O)c2cccc(C(=O)OC3C=CC(OCC)=CC3=C=O)c2)C=C1. The Morgan fingerprint density at radius 1 is 0.794 bits per heavy atom. The van der Waals surface area contributed by atoms with Crippen LogP contribution in [-0.2, 0) is 28.5 Å². The lowest BCUT2D eigenvalue weighted by Crippen LogP contribution is -2.22. The lowest BCUT2D eigenvalue weighted by molar-refractivity contribution is 0.0449. The molecule has 1 aromatic carbocycles. The number of allylic oxidation sites excluding steroid dienone is 2. The van der Waals surface area contributed by atoms with Crippen LogP contribution in [-0.4, -0.2) is 49.2 Å². The van der Waals surface area contributed by atoms with Crippen molar-refractivity contribution in [2.75, 3.05) is 13.2 Å². The van der Waals surface area contributed by atoms with Crippen molar-refractivity contribution in [3.05, 3.63) is 94.5 Å². The molecular weight excluding hydrogens is 440 g/mol. The minimum Gasteiger partial charge on any atom is -0.494 e. The molecule has 0 aliphatic heterocycles. The molecule has 174 valence electrons. The summed E-state index contributed by atoms with van der Waals surface area (Å²) in [4.78, 5) is 47.9. The zero-order valence-electron chi connectivity index (χ0n) is 18.6. The van der Waals surface area contributed by atoms with Crippen molar-refractivity contribution >= 4 is 23.8 Å². The topological polar surface area (TPSA) is 105 Å². The molecule has 8 heteroatoms. The fourth-order valence-electron chi connectivity index (χ4n) is 3.17. The number of rotatable bonds is 8. The summed E-state index contributed by atoms with van der Waals surface area (Å²) in [7, 11) is 0. The van der Waals surface area contributed by atoms with E-state index in [-0.39, 0.29) is 22.3 Å². The summed E-state index contributed by atoms with van der Waals surface area (Å²) in [5.41, 5.74) is 0.367. The van der Waals surface area contributed by atoms with Gasteiger partial charge in [-0.15, -0.1) is 0 Å². The number of ether oxygens (including phenoxy) is 4. The molecule has 0 saturated heterocycles. The first-order valence-corrected chi connectivity index (χ1v) is 10.6. The van der Waals surface area contributed by atoms with Crippen LogP contribution in [0.1, 0.15) is 34.6 Å². The Hall–Kier alpha value is -4.38. The second kappa shape index (κ2) is 11.5. The summed E-state index contributed by atoms with van der Waals surface area (Å²) in [5.74, 6) is 2.92. The molecule has 0 aromatic heterocycles. The third-order valence-corrected chi connectivity index (χ3v) is 4.74. The van der Waals surface area contributed by atoms with Gasteiger partial charge in [0.1, 0.15) is 23.4 Å². The van der Waals surface area contributed by atoms with Crippen molar-refractivity contribution in [3.63, 3.8) is 0 Å². The molecule has 8 nitrogen and oxygen atoms in total. The third-order valence-electron chi connectivity index (χ3n) is 4.74. The molecule has 2 atom stereocenters. The molecule has 2 aliphatic rings. The van der Waals surface area contributed by atoms with Crippen molar-refractivity contribution < 1.29 is 38.1 Å². The summed E-state index contributed by atoms with van der Waals surface area (Å²) in [6.45, 7) is 4.44. The maximum Gasteiger partial charge on any atom is 0.339 e. The molecule has 2 unspecified atom stereocenters. The normalized spacial score (nSPS) is 18.8. The van der Waals surface area contributed by atoms with E-state index in [4.69, 9.17) is 18.9 Å². The Balaban J connectivity index is 1.69. The minimum absolute atomic E-state index is 0.0801. The van der Waals surface area contributed by atoms with E-state index in [1.165, 1.54) is 48.6 Å². The van der Waals surface area contributed by atoms with E-state index in [1.807, 2.05) is 0 Å². The molecule has 1 aromatic rings. The van der Waals surface area contributed by atoms with Gasteiger partial charge in [0.05, 0.1) is 35.5 Å². The lowest BCUT2D eigenvalue weighted by atomic mass is 10.0. The molecule has 3 rings (SSSR count). The average Bonchev–Trinajstić information content (AvgIpc) is 2.86. The van der Waals surface area contributed by atoms with Gasteiger partial charge >= 0.3 is 11.9 Å². The summed E-state index contributed by atoms with van der Waals surface area (Å²) in [5, 5.41) is 0. The second-order valence-electron chi connectivity index (χ2n) is 7.03. The van der Waals surface area contributed by atoms with Gasteiger partial charge in [0.2, 0.25) is 0 Å². The fourth-order valence-corrected chi connectivity index (χ4v) is 3.17. The number of carbonyl (C=O) groups is 2. The maximum atomic E-state index is 12.7. The van der Waals surface area contributed by atoms with Gasteiger partial charge in [0, 0.05) is 0 Å². The van der Waals surface area contributed by atoms with Gasteiger partial charge in [-0.25, -0.2) is 19.2 Å². The minimum atomic E-state index is -0.941. The van der Waals surface area contributed by atoms with E-state index < -0.39 is 24.1 Å². The highest BCUT2D eigenvalue weighted by Gasteiger charge is 2.24. The molecule has 0 saturated carbocycles. The van der Waals surface area contributed by atoms with E-state index in [0.717, 1.165) is 0 Å². The quantitative estimate of drug-likeness (QED) is 0.428. The number of esters is 2. The Kier molecular flexibility index (Phi) is 8.19. The van der Waals surface area contributed by atoms with Crippen LogP contribution in [0.25, 0.3) is 0 Å². The number of carbonyl (C=O) groups excluding carboxylic acids is 4. The van der Waals surface area contributed by atoms with Gasteiger partial charge in [-0.1, -0.05) is 6.07 Å². The highest BCUT2D eigenvalue weighted by Crippen LogP contribution is 2.22. The molecule has 0 radical (unpaired) electrons. The van der Waals surface area contributed by atoms with Gasteiger partial charge in [-0.3, -0.25) is 0 Å². The van der Waals surface area contributed by atoms with Gasteiger partial charge in [0.15, 0.2) is 12.2 Å². The molecule has 0 heterocycles. The number of hydrogen-bond acceptors (Lipinski definition) is 8. The predicted octanol–water partition coefficient (Wildman–Crippen LogP) is 3.23. The summed E-state index contributed by atoms with van der Waals surface area (Å²) in [6, 6.07) is 5.73. The summed E-state index contributed by atoms with van der Waals surface area (Å²) in [6.07, 6.45) is 7.22. The monoisotopic (exact) mass is 462 g/mol. The van der Waals surface area contributed by atoms with Crippen LogP contribution in [0.5, 0.6) is 0 Å². The largest absolute Gasteiger partial charge is 0.494 e. The van der Waals surface area contributed by atoms with Crippen LogP contribution in [0.2, 0.25) is 0 Å². The van der Waals surface area contributed by atoms with Crippen LogP contribution in [0, 0.1) is 0 Å². The molecule has 0 N–H and O–H groups in total. The maximum absolute atomic E-state index is 12.7. The zero-order valence-corrected chi connectivity index (χ0v) is 18.6. The van der Waals surface area contributed by atoms with Gasteiger partial charge in [0.25, 0.3) is 0 Å². The van der Waals surface area contributed by atoms with Crippen molar-refractivity contribution in [2.45, 2.75) is 26.1 Å². The van der Waals surface area contributed by atoms with Crippen molar-refractivity contribution in [2.24, 2.45) is 0 Å². The average molecular weight is 462 g/mol.